The highest BCUT2D eigenvalue weighted by Crippen LogP contribution is 2.62. The number of amides is 1. The lowest BCUT2D eigenvalue weighted by Crippen LogP contribution is -2.70. The summed E-state index contributed by atoms with van der Waals surface area (Å²) in [6.45, 7) is 5.12. The van der Waals surface area contributed by atoms with Crippen molar-refractivity contribution in [2.45, 2.75) is 108 Å². The molecule has 7 atom stereocenters. The van der Waals surface area contributed by atoms with Gasteiger partial charge in [-0.05, 0) is 117 Å². The number of carbonyl (C=O) groups excluding carboxylic acids is 2. The van der Waals surface area contributed by atoms with Crippen LogP contribution in [0.3, 0.4) is 0 Å². The summed E-state index contributed by atoms with van der Waals surface area (Å²) >= 11 is 0. The Labute approximate surface area is 363 Å². The van der Waals surface area contributed by atoms with Crippen molar-refractivity contribution in [2.75, 3.05) is 26.4 Å². The zero-order valence-electron chi connectivity index (χ0n) is 35.4. The first-order chi connectivity index (χ1) is 30.3. The number of carbonyl (C=O) groups is 2. The predicted molar refractivity (Wildman–Crippen MR) is 231 cm³/mol. The maximum absolute atomic E-state index is 14.8. The number of nitrogens with zero attached hydrogens (tertiary/aromatic N) is 2. The second kappa shape index (κ2) is 20.1. The zero-order valence-corrected chi connectivity index (χ0v) is 35.4. The molecule has 330 valence electrons. The quantitative estimate of drug-likeness (QED) is 0.0494. The summed E-state index contributed by atoms with van der Waals surface area (Å²) < 4.78 is 41.3. The molecule has 2 saturated carbocycles. The molecular weight excluding hydrogens is 792 g/mol. The topological polar surface area (TPSA) is 136 Å². The van der Waals surface area contributed by atoms with Gasteiger partial charge in [0.25, 0.3) is 0 Å². The van der Waals surface area contributed by atoms with E-state index in [2.05, 4.69) is 12.7 Å². The first kappa shape index (κ1) is 43.8. The molecule has 8 rings (SSSR count). The average molecular weight is 851 g/mol. The minimum absolute atomic E-state index is 0.0178. The van der Waals surface area contributed by atoms with Gasteiger partial charge in [0.05, 0.1) is 24.8 Å². The summed E-state index contributed by atoms with van der Waals surface area (Å²) in [5.41, 5.74) is 3.80. The molecule has 2 aliphatic heterocycles. The van der Waals surface area contributed by atoms with Crippen LogP contribution in [-0.4, -0.2) is 77.6 Å². The maximum atomic E-state index is 14.8. The summed E-state index contributed by atoms with van der Waals surface area (Å²) in [4.78, 5) is 34.6. The van der Waals surface area contributed by atoms with Gasteiger partial charge >= 0.3 is 0 Å². The van der Waals surface area contributed by atoms with Gasteiger partial charge < -0.3 is 38.9 Å². The summed E-state index contributed by atoms with van der Waals surface area (Å²) in [5.74, 6) is -0.985. The highest BCUT2D eigenvalue weighted by atomic mass is 19.1. The van der Waals surface area contributed by atoms with Gasteiger partial charge in [-0.3, -0.25) is 9.59 Å². The molecule has 3 fully saturated rings. The first-order valence-corrected chi connectivity index (χ1v) is 22.5. The zero-order chi connectivity index (χ0) is 43.1. The van der Waals surface area contributed by atoms with Gasteiger partial charge in [-0.2, -0.15) is 0 Å². The summed E-state index contributed by atoms with van der Waals surface area (Å²) in [6.07, 6.45) is 13.2. The standard InChI is InChI=1S/C50H59FN2O9/c1-2-25-59-50-45(53(49(57)35-17-18-35)31-33-15-19-37(51)20-16-33)30-43(52-62-46-14-5-8-26-58-46)41-28-36(11-3-6-23-54)40(13-4-7-24-55)47(48(41)50)42-29-39(21-22-44(42)61-50)60-38-12-9-10-34(27-38)32-56/h2,9-10,12,15-16,19-22,27-29,32,35-36,40,45-48,54-55H,1,3-8,11,13-14,17-18,23-26,30-31H2/t36-,40+,45-,46?,47+,48+,50+/m0/s1. The van der Waals surface area contributed by atoms with Crippen LogP contribution >= 0.6 is 0 Å². The first-order valence-electron chi connectivity index (χ1n) is 22.5. The Balaban J connectivity index is 1.33. The maximum Gasteiger partial charge on any atom is 0.239 e. The number of benzene rings is 3. The molecule has 12 heteroatoms. The van der Waals surface area contributed by atoms with Crippen molar-refractivity contribution >= 4 is 17.9 Å². The lowest BCUT2D eigenvalue weighted by atomic mass is 9.55. The molecule has 3 aliphatic carbocycles. The van der Waals surface area contributed by atoms with Gasteiger partial charge in [-0.1, -0.05) is 54.4 Å². The minimum atomic E-state index is -1.44. The number of aliphatic hydroxyl groups excluding tert-OH is 2. The number of hydrogen-bond acceptors (Lipinski definition) is 10. The van der Waals surface area contributed by atoms with Gasteiger partial charge in [0, 0.05) is 55.6 Å². The van der Waals surface area contributed by atoms with Gasteiger partial charge in [0.2, 0.25) is 18.0 Å². The molecule has 3 aromatic rings. The Bertz CT molecular complexity index is 2100. The van der Waals surface area contributed by atoms with Crippen LogP contribution in [0.5, 0.6) is 17.2 Å². The highest BCUT2D eigenvalue weighted by molar-refractivity contribution is 6.03. The number of hydrogen-bond donors (Lipinski definition) is 2. The second-order valence-electron chi connectivity index (χ2n) is 17.3. The Morgan fingerprint density at radius 3 is 2.48 bits per heavy atom. The van der Waals surface area contributed by atoms with E-state index in [0.717, 1.165) is 74.4 Å². The van der Waals surface area contributed by atoms with Crippen molar-refractivity contribution in [3.8, 4) is 17.2 Å². The number of ether oxygens (including phenoxy) is 4. The molecule has 3 aromatic carbocycles. The Morgan fingerprint density at radius 2 is 1.76 bits per heavy atom. The third-order valence-corrected chi connectivity index (χ3v) is 13.1. The lowest BCUT2D eigenvalue weighted by molar-refractivity contribution is -0.258. The van der Waals surface area contributed by atoms with Crippen LogP contribution in [0.25, 0.3) is 0 Å². The van der Waals surface area contributed by atoms with E-state index >= 15 is 0 Å². The Morgan fingerprint density at radius 1 is 0.968 bits per heavy atom. The number of oxime groups is 1. The fourth-order valence-corrected chi connectivity index (χ4v) is 10.1. The van der Waals surface area contributed by atoms with Gasteiger partial charge in [0.1, 0.15) is 35.4 Å². The van der Waals surface area contributed by atoms with E-state index in [9.17, 15) is 24.2 Å². The van der Waals surface area contributed by atoms with E-state index in [1.807, 2.05) is 29.2 Å². The van der Waals surface area contributed by atoms with Crippen LogP contribution in [0.1, 0.15) is 104 Å². The number of rotatable bonds is 20. The number of aldehydes is 1. The molecule has 1 unspecified atom stereocenters. The predicted octanol–water partition coefficient (Wildman–Crippen LogP) is 9.03. The van der Waals surface area contributed by atoms with E-state index < -0.39 is 24.0 Å². The lowest BCUT2D eigenvalue weighted by Gasteiger charge is -2.60. The van der Waals surface area contributed by atoms with Crippen molar-refractivity contribution in [1.29, 1.82) is 0 Å². The van der Waals surface area contributed by atoms with Crippen LogP contribution < -0.4 is 9.47 Å². The average Bonchev–Trinajstić information content (AvgIpc) is 4.15. The van der Waals surface area contributed by atoms with E-state index in [1.54, 1.807) is 36.4 Å². The van der Waals surface area contributed by atoms with Crippen molar-refractivity contribution < 1.29 is 48.0 Å². The Kier molecular flexibility index (Phi) is 14.2. The third kappa shape index (κ3) is 9.54. The molecule has 0 aromatic heterocycles. The van der Waals surface area contributed by atoms with Crippen molar-refractivity contribution in [3.05, 3.63) is 114 Å². The highest BCUT2D eigenvalue weighted by Gasteiger charge is 2.66. The smallest absolute Gasteiger partial charge is 0.239 e. The summed E-state index contributed by atoms with van der Waals surface area (Å²) in [5, 5.41) is 24.9. The molecule has 2 heterocycles. The van der Waals surface area contributed by atoms with Gasteiger partial charge in [0.15, 0.2) is 0 Å². The minimum Gasteiger partial charge on any atom is -0.459 e. The third-order valence-electron chi connectivity index (χ3n) is 13.1. The summed E-state index contributed by atoms with van der Waals surface area (Å²) in [7, 11) is 0. The SMILES string of the molecule is C=CCO[C@@]12Oc3ccc(Oc4cccc(C=O)c4)cc3[C@H]3[C@H](CCCCO)[C@@H](CCCCO)C=C(C(=NOC4CCCCO4)C[C@@H]1N(Cc1ccc(F)cc1)C(=O)C1CC1)[C@H]32. The van der Waals surface area contributed by atoms with E-state index in [-0.39, 0.29) is 68.2 Å². The number of unbranched alkanes of at least 4 members (excludes halogenated alkanes) is 2. The molecule has 0 spiro atoms. The van der Waals surface area contributed by atoms with Gasteiger partial charge in [-0.25, -0.2) is 4.39 Å². The van der Waals surface area contributed by atoms with Crippen LogP contribution in [0.15, 0.2) is 96.2 Å². The fourth-order valence-electron chi connectivity index (χ4n) is 10.1. The largest absolute Gasteiger partial charge is 0.459 e. The molecule has 1 saturated heterocycles. The van der Waals surface area contributed by atoms with Crippen LogP contribution in [0, 0.1) is 29.5 Å². The molecular formula is C50H59FN2O9. The molecule has 0 bridgehead atoms. The normalized spacial score (nSPS) is 27.0. The molecule has 2 N–H and O–H groups in total. The van der Waals surface area contributed by atoms with Gasteiger partial charge in [-0.15, -0.1) is 6.58 Å². The van der Waals surface area contributed by atoms with Crippen molar-refractivity contribution in [1.82, 2.24) is 4.90 Å². The van der Waals surface area contributed by atoms with Crippen LogP contribution in [-0.2, 0) is 25.7 Å². The van der Waals surface area contributed by atoms with E-state index in [0.29, 0.717) is 54.4 Å². The number of allylic oxidation sites excluding steroid dienone is 1. The molecule has 11 nitrogen and oxygen atoms in total. The summed E-state index contributed by atoms with van der Waals surface area (Å²) in [6, 6.07) is 18.3. The number of halogens is 1. The van der Waals surface area contributed by atoms with E-state index in [4.69, 9.17) is 28.9 Å². The second-order valence-corrected chi connectivity index (χ2v) is 17.3. The fraction of sp³-hybridized carbons (Fsp3) is 0.500. The van der Waals surface area contributed by atoms with Crippen molar-refractivity contribution in [3.63, 3.8) is 0 Å². The molecule has 1 amide bonds. The number of fused-ring (bicyclic) bond motifs is 2. The van der Waals surface area contributed by atoms with Crippen molar-refractivity contribution in [2.24, 2.45) is 28.8 Å². The van der Waals surface area contributed by atoms with Crippen LogP contribution in [0.2, 0.25) is 0 Å². The van der Waals surface area contributed by atoms with Crippen LogP contribution in [0.4, 0.5) is 4.39 Å². The monoisotopic (exact) mass is 850 g/mol. The van der Waals surface area contributed by atoms with E-state index in [1.165, 1.54) is 12.1 Å². The number of aliphatic hydroxyl groups is 2. The molecule has 62 heavy (non-hydrogen) atoms. The molecule has 0 radical (unpaired) electrons. The Hall–Kier alpha value is -4.88. The molecule has 5 aliphatic rings.